The molecule has 128 valence electrons. The highest BCUT2D eigenvalue weighted by Gasteiger charge is 2.44. The highest BCUT2D eigenvalue weighted by molar-refractivity contribution is 5.85. The number of H-pyrrole nitrogens is 1. The van der Waals surface area contributed by atoms with E-state index in [0.717, 1.165) is 40.8 Å². The Morgan fingerprint density at radius 1 is 1.16 bits per heavy atom. The fourth-order valence-electron chi connectivity index (χ4n) is 2.90. The van der Waals surface area contributed by atoms with E-state index in [4.69, 9.17) is 4.74 Å². The number of rotatable bonds is 6. The summed E-state index contributed by atoms with van der Waals surface area (Å²) >= 11 is 0. The summed E-state index contributed by atoms with van der Waals surface area (Å²) in [6.45, 7) is 3.10. The number of ether oxygens (including phenoxy) is 1. The molecular weight excluding hydrogens is 312 g/mol. The molecule has 0 spiro atoms. The van der Waals surface area contributed by atoms with E-state index in [1.807, 2.05) is 55.5 Å². The van der Waals surface area contributed by atoms with Crippen molar-refractivity contribution in [3.63, 3.8) is 0 Å². The Hall–Kier alpha value is -2.75. The third-order valence-electron chi connectivity index (χ3n) is 4.89. The van der Waals surface area contributed by atoms with Gasteiger partial charge in [-0.25, -0.2) is 0 Å². The number of aromatic nitrogens is 1. The first-order valence-electron chi connectivity index (χ1n) is 8.69. The number of amides is 1. The number of carbonyl (C=O) groups excluding carboxylic acids is 1. The Kier molecular flexibility index (Phi) is 3.96. The van der Waals surface area contributed by atoms with Crippen molar-refractivity contribution in [2.75, 3.05) is 0 Å². The largest absolute Gasteiger partial charge is 0.489 e. The van der Waals surface area contributed by atoms with Crippen molar-refractivity contribution >= 4 is 16.8 Å². The first-order chi connectivity index (χ1) is 12.1. The number of hydrogen-bond donors (Lipinski definition) is 2. The molecule has 1 aliphatic carbocycles. The highest BCUT2D eigenvalue weighted by Crippen LogP contribution is 2.45. The van der Waals surface area contributed by atoms with Crippen LogP contribution in [0.15, 0.2) is 54.6 Å². The topological polar surface area (TPSA) is 54.1 Å². The van der Waals surface area contributed by atoms with Crippen LogP contribution in [0.5, 0.6) is 5.75 Å². The van der Waals surface area contributed by atoms with E-state index in [2.05, 4.69) is 16.4 Å². The molecule has 0 radical (unpaired) electrons. The maximum Gasteiger partial charge on any atom is 0.226 e. The van der Waals surface area contributed by atoms with Gasteiger partial charge in [-0.2, -0.15) is 0 Å². The molecule has 25 heavy (non-hydrogen) atoms. The monoisotopic (exact) mass is 334 g/mol. The van der Waals surface area contributed by atoms with Gasteiger partial charge in [-0.15, -0.1) is 0 Å². The molecule has 1 amide bonds. The molecule has 0 unspecified atom stereocenters. The minimum atomic E-state index is -0.134. The molecule has 1 saturated carbocycles. The third kappa shape index (κ3) is 3.53. The van der Waals surface area contributed by atoms with E-state index >= 15 is 0 Å². The van der Waals surface area contributed by atoms with Gasteiger partial charge in [-0.05, 0) is 42.0 Å². The molecule has 4 nitrogen and oxygen atoms in total. The zero-order valence-corrected chi connectivity index (χ0v) is 14.3. The van der Waals surface area contributed by atoms with Crippen molar-refractivity contribution in [1.29, 1.82) is 0 Å². The Labute approximate surface area is 147 Å². The summed E-state index contributed by atoms with van der Waals surface area (Å²) in [6.07, 6.45) is 1.99. The van der Waals surface area contributed by atoms with Crippen LogP contribution >= 0.6 is 0 Å². The Balaban J connectivity index is 1.41. The molecule has 4 heteroatoms. The summed E-state index contributed by atoms with van der Waals surface area (Å²) in [5.41, 5.74) is 3.04. The molecule has 3 aromatic rings. The van der Waals surface area contributed by atoms with Crippen molar-refractivity contribution in [2.45, 2.75) is 32.9 Å². The predicted molar refractivity (Wildman–Crippen MR) is 98.3 cm³/mol. The van der Waals surface area contributed by atoms with Crippen LogP contribution in [0.25, 0.3) is 10.9 Å². The van der Waals surface area contributed by atoms with E-state index in [1.165, 1.54) is 0 Å². The lowest BCUT2D eigenvalue weighted by Gasteiger charge is -2.08. The Bertz CT molecular complexity index is 895. The van der Waals surface area contributed by atoms with E-state index < -0.39 is 0 Å². The quantitative estimate of drug-likeness (QED) is 0.711. The maximum absolute atomic E-state index is 12.0. The Morgan fingerprint density at radius 3 is 2.72 bits per heavy atom. The van der Waals surface area contributed by atoms with Gasteiger partial charge in [0, 0.05) is 22.7 Å². The van der Waals surface area contributed by atoms with Crippen LogP contribution in [0.1, 0.15) is 31.0 Å². The average Bonchev–Trinajstić information content (AvgIpc) is 3.26. The second-order valence-electron chi connectivity index (χ2n) is 7.06. The lowest BCUT2D eigenvalue weighted by Crippen LogP contribution is -2.29. The number of fused-ring (bicyclic) bond motifs is 1. The van der Waals surface area contributed by atoms with Crippen molar-refractivity contribution < 1.29 is 9.53 Å². The van der Waals surface area contributed by atoms with Crippen molar-refractivity contribution in [3.05, 3.63) is 65.9 Å². The maximum atomic E-state index is 12.0. The van der Waals surface area contributed by atoms with E-state index in [-0.39, 0.29) is 11.3 Å². The second-order valence-corrected chi connectivity index (χ2v) is 7.06. The highest BCUT2D eigenvalue weighted by atomic mass is 16.5. The van der Waals surface area contributed by atoms with Gasteiger partial charge in [0.2, 0.25) is 5.91 Å². The van der Waals surface area contributed by atoms with Crippen LogP contribution in [0.2, 0.25) is 0 Å². The van der Waals surface area contributed by atoms with Gasteiger partial charge in [0.15, 0.2) is 0 Å². The lowest BCUT2D eigenvalue weighted by molar-refractivity contribution is -0.125. The summed E-state index contributed by atoms with van der Waals surface area (Å²) in [7, 11) is 0. The molecule has 1 aliphatic rings. The van der Waals surface area contributed by atoms with Crippen LogP contribution in [-0.4, -0.2) is 10.9 Å². The lowest BCUT2D eigenvalue weighted by atomic mass is 10.1. The number of aromatic amines is 1. The minimum Gasteiger partial charge on any atom is -0.489 e. The molecule has 0 atom stereocenters. The van der Waals surface area contributed by atoms with Gasteiger partial charge in [0.1, 0.15) is 12.4 Å². The molecule has 2 N–H and O–H groups in total. The van der Waals surface area contributed by atoms with Crippen LogP contribution in [-0.2, 0) is 17.9 Å². The zero-order chi connectivity index (χ0) is 17.3. The second kappa shape index (κ2) is 6.28. The fourth-order valence-corrected chi connectivity index (χ4v) is 2.90. The molecule has 2 aromatic carbocycles. The molecule has 0 saturated heterocycles. The summed E-state index contributed by atoms with van der Waals surface area (Å²) in [5.74, 6) is 0.984. The summed E-state index contributed by atoms with van der Waals surface area (Å²) < 4.78 is 5.87. The summed E-state index contributed by atoms with van der Waals surface area (Å²) in [4.78, 5) is 15.4. The normalized spacial score (nSPS) is 15.1. The SMILES string of the molecule is CC1(C(=O)NCc2cc3ccc(OCc4ccccc4)cc3[nH]2)CC1. The molecule has 1 heterocycles. The van der Waals surface area contributed by atoms with E-state index in [0.29, 0.717) is 13.2 Å². The van der Waals surface area contributed by atoms with E-state index in [1.54, 1.807) is 0 Å². The van der Waals surface area contributed by atoms with Crippen LogP contribution in [0, 0.1) is 5.41 Å². The van der Waals surface area contributed by atoms with Gasteiger partial charge >= 0.3 is 0 Å². The van der Waals surface area contributed by atoms with Crippen LogP contribution < -0.4 is 10.1 Å². The average molecular weight is 334 g/mol. The van der Waals surface area contributed by atoms with Crippen LogP contribution in [0.3, 0.4) is 0 Å². The number of nitrogens with one attached hydrogen (secondary N) is 2. The standard InChI is InChI=1S/C21H22N2O2/c1-21(9-10-21)20(24)22-13-17-11-16-7-8-18(12-19(16)23-17)25-14-15-5-3-2-4-6-15/h2-8,11-12,23H,9-10,13-14H2,1H3,(H,22,24). The molecule has 1 fully saturated rings. The number of carbonyl (C=O) groups is 1. The molecule has 1 aromatic heterocycles. The smallest absolute Gasteiger partial charge is 0.226 e. The summed E-state index contributed by atoms with van der Waals surface area (Å²) in [5, 5.41) is 4.14. The van der Waals surface area contributed by atoms with E-state index in [9.17, 15) is 4.79 Å². The number of benzene rings is 2. The van der Waals surface area contributed by atoms with Crippen molar-refractivity contribution in [3.8, 4) is 5.75 Å². The van der Waals surface area contributed by atoms with Gasteiger partial charge in [-0.1, -0.05) is 37.3 Å². The van der Waals surface area contributed by atoms with Crippen LogP contribution in [0.4, 0.5) is 0 Å². The molecule has 4 rings (SSSR count). The van der Waals surface area contributed by atoms with Crippen molar-refractivity contribution in [1.82, 2.24) is 10.3 Å². The fraction of sp³-hybridized carbons (Fsp3) is 0.286. The Morgan fingerprint density at radius 2 is 1.96 bits per heavy atom. The summed E-state index contributed by atoms with van der Waals surface area (Å²) in [6, 6.07) is 18.2. The van der Waals surface area contributed by atoms with Gasteiger partial charge in [-0.3, -0.25) is 4.79 Å². The first kappa shape index (κ1) is 15.8. The third-order valence-corrected chi connectivity index (χ3v) is 4.89. The van der Waals surface area contributed by atoms with Gasteiger partial charge in [0.25, 0.3) is 0 Å². The number of hydrogen-bond acceptors (Lipinski definition) is 2. The molecular formula is C21H22N2O2. The van der Waals surface area contributed by atoms with Gasteiger partial charge < -0.3 is 15.0 Å². The molecule has 0 bridgehead atoms. The van der Waals surface area contributed by atoms with Gasteiger partial charge in [0.05, 0.1) is 6.54 Å². The predicted octanol–water partition coefficient (Wildman–Crippen LogP) is 4.16. The minimum absolute atomic E-state index is 0.134. The van der Waals surface area contributed by atoms with Crippen molar-refractivity contribution in [2.24, 2.45) is 5.41 Å². The zero-order valence-electron chi connectivity index (χ0n) is 14.3. The first-order valence-corrected chi connectivity index (χ1v) is 8.69. The molecule has 0 aliphatic heterocycles.